The van der Waals surface area contributed by atoms with Crippen LogP contribution in [0.4, 0.5) is 0 Å². The Morgan fingerprint density at radius 2 is 1.88 bits per heavy atom. The van der Waals surface area contributed by atoms with Crippen LogP contribution in [0.25, 0.3) is 0 Å². The van der Waals surface area contributed by atoms with Crippen LogP contribution in [0.15, 0.2) is 30.5 Å². The first-order valence-corrected chi connectivity index (χ1v) is 5.01. The number of nitrogens with zero attached hydrogens (tertiary/aromatic N) is 2. The van der Waals surface area contributed by atoms with Gasteiger partial charge in [-0.15, -0.1) is 0 Å². The summed E-state index contributed by atoms with van der Waals surface area (Å²) < 4.78 is 12.8. The Morgan fingerprint density at radius 3 is 2.44 bits per heavy atom. The number of aromatic nitrogens is 2. The zero-order valence-electron chi connectivity index (χ0n) is 9.60. The minimum atomic E-state index is 0.557. The normalized spacial score (nSPS) is 10.2. The molecule has 1 aromatic heterocycles. The fraction of sp³-hybridized carbons (Fsp3) is 0.250. The minimum Gasteiger partial charge on any atom is -0.493 e. The number of hydrogen-bond donors (Lipinski definition) is 0. The maximum absolute atomic E-state index is 5.68. The zero-order chi connectivity index (χ0) is 11.5. The third-order valence-electron chi connectivity index (χ3n) is 2.45. The highest BCUT2D eigenvalue weighted by Gasteiger charge is 2.08. The molecule has 0 saturated heterocycles. The Bertz CT molecular complexity index is 492. The molecule has 0 aliphatic carbocycles. The first-order valence-electron chi connectivity index (χ1n) is 5.01. The predicted molar refractivity (Wildman–Crippen MR) is 61.0 cm³/mol. The smallest absolute Gasteiger partial charge is 0.301 e. The molecule has 0 bridgehead atoms. The van der Waals surface area contributed by atoms with Gasteiger partial charge in [-0.25, -0.2) is 4.98 Å². The van der Waals surface area contributed by atoms with Crippen molar-refractivity contribution in [1.29, 1.82) is 0 Å². The molecule has 0 spiro atoms. The molecule has 0 saturated carbocycles. The van der Waals surface area contributed by atoms with Gasteiger partial charge in [0.1, 0.15) is 0 Å². The second-order valence-electron chi connectivity index (χ2n) is 3.49. The minimum absolute atomic E-state index is 0.557. The van der Waals surface area contributed by atoms with Crippen LogP contribution < -0.4 is 9.47 Å². The van der Waals surface area contributed by atoms with E-state index in [1.807, 2.05) is 42.8 Å². The van der Waals surface area contributed by atoms with Crippen LogP contribution in [-0.4, -0.2) is 16.7 Å². The van der Waals surface area contributed by atoms with Gasteiger partial charge in [0.05, 0.1) is 13.3 Å². The SMILES string of the molecule is COc1ccccc1Oc1ncc(C)n1C. The first kappa shape index (κ1) is 10.5. The fourth-order valence-electron chi connectivity index (χ4n) is 1.37. The third-order valence-corrected chi connectivity index (χ3v) is 2.45. The van der Waals surface area contributed by atoms with Gasteiger partial charge in [-0.3, -0.25) is 0 Å². The van der Waals surface area contributed by atoms with Crippen LogP contribution >= 0.6 is 0 Å². The average molecular weight is 218 g/mol. The molecule has 0 aliphatic heterocycles. The van der Waals surface area contributed by atoms with E-state index in [9.17, 15) is 0 Å². The van der Waals surface area contributed by atoms with E-state index in [1.165, 1.54) is 0 Å². The van der Waals surface area contributed by atoms with E-state index >= 15 is 0 Å². The second kappa shape index (κ2) is 4.26. The summed E-state index contributed by atoms with van der Waals surface area (Å²) in [5.74, 6) is 1.36. The second-order valence-corrected chi connectivity index (χ2v) is 3.49. The van der Waals surface area contributed by atoms with Crippen LogP contribution in [-0.2, 0) is 7.05 Å². The topological polar surface area (TPSA) is 36.3 Å². The molecule has 2 aromatic rings. The van der Waals surface area contributed by atoms with Gasteiger partial charge in [0.25, 0.3) is 0 Å². The van der Waals surface area contributed by atoms with E-state index in [4.69, 9.17) is 9.47 Å². The molecule has 0 unspecified atom stereocenters. The lowest BCUT2D eigenvalue weighted by Gasteiger charge is -2.09. The summed E-state index contributed by atoms with van der Waals surface area (Å²) in [5, 5.41) is 0. The van der Waals surface area contributed by atoms with E-state index in [0.717, 1.165) is 5.69 Å². The molecule has 4 heteroatoms. The Hall–Kier alpha value is -1.97. The number of para-hydroxylation sites is 2. The van der Waals surface area contributed by atoms with E-state index in [0.29, 0.717) is 17.5 Å². The fourth-order valence-corrected chi connectivity index (χ4v) is 1.37. The molecule has 1 heterocycles. The third kappa shape index (κ3) is 1.86. The lowest BCUT2D eigenvalue weighted by atomic mass is 10.3. The van der Waals surface area contributed by atoms with Gasteiger partial charge >= 0.3 is 6.01 Å². The summed E-state index contributed by atoms with van der Waals surface area (Å²) in [5.41, 5.74) is 1.05. The highest BCUT2D eigenvalue weighted by molar-refractivity contribution is 5.40. The summed E-state index contributed by atoms with van der Waals surface area (Å²) in [6, 6.07) is 8.05. The number of rotatable bonds is 3. The van der Waals surface area contributed by atoms with E-state index < -0.39 is 0 Å². The summed E-state index contributed by atoms with van der Waals surface area (Å²) >= 11 is 0. The van der Waals surface area contributed by atoms with Crippen LogP contribution in [0.5, 0.6) is 17.5 Å². The van der Waals surface area contributed by atoms with Crippen LogP contribution in [0.3, 0.4) is 0 Å². The lowest BCUT2D eigenvalue weighted by Crippen LogP contribution is -1.97. The van der Waals surface area contributed by atoms with E-state index in [1.54, 1.807) is 13.3 Å². The Labute approximate surface area is 94.4 Å². The monoisotopic (exact) mass is 218 g/mol. The number of hydrogen-bond acceptors (Lipinski definition) is 3. The van der Waals surface area contributed by atoms with Crippen LogP contribution in [0.2, 0.25) is 0 Å². The summed E-state index contributed by atoms with van der Waals surface area (Å²) in [7, 11) is 3.53. The maximum Gasteiger partial charge on any atom is 0.301 e. The van der Waals surface area contributed by atoms with Gasteiger partial charge < -0.3 is 14.0 Å². The molecule has 0 N–H and O–H groups in total. The molecular formula is C12H14N2O2. The summed E-state index contributed by atoms with van der Waals surface area (Å²) in [6.45, 7) is 1.97. The van der Waals surface area contributed by atoms with Crippen molar-refractivity contribution in [3.63, 3.8) is 0 Å². The average Bonchev–Trinajstić information content (AvgIpc) is 2.62. The van der Waals surface area contributed by atoms with Crippen molar-refractivity contribution >= 4 is 0 Å². The zero-order valence-corrected chi connectivity index (χ0v) is 9.60. The van der Waals surface area contributed by atoms with Crippen molar-refractivity contribution in [2.75, 3.05) is 7.11 Å². The molecule has 2 rings (SSSR count). The van der Waals surface area contributed by atoms with Crippen molar-refractivity contribution < 1.29 is 9.47 Å². The number of benzene rings is 1. The van der Waals surface area contributed by atoms with E-state index in [-0.39, 0.29) is 0 Å². The predicted octanol–water partition coefficient (Wildman–Crippen LogP) is 2.53. The quantitative estimate of drug-likeness (QED) is 0.794. The summed E-state index contributed by atoms with van der Waals surface area (Å²) in [4.78, 5) is 4.17. The largest absolute Gasteiger partial charge is 0.493 e. The van der Waals surface area contributed by atoms with Gasteiger partial charge in [-0.05, 0) is 19.1 Å². The lowest BCUT2D eigenvalue weighted by molar-refractivity contribution is 0.362. The molecular weight excluding hydrogens is 204 g/mol. The van der Waals surface area contributed by atoms with Crippen molar-refractivity contribution in [3.8, 4) is 17.5 Å². The Morgan fingerprint density at radius 1 is 1.19 bits per heavy atom. The molecule has 0 aliphatic rings. The molecule has 84 valence electrons. The molecule has 0 radical (unpaired) electrons. The molecule has 16 heavy (non-hydrogen) atoms. The van der Waals surface area contributed by atoms with Crippen molar-refractivity contribution in [2.24, 2.45) is 7.05 Å². The van der Waals surface area contributed by atoms with Crippen LogP contribution in [0, 0.1) is 6.92 Å². The standard InChI is InChI=1S/C12H14N2O2/c1-9-8-13-12(14(9)2)16-11-7-5-4-6-10(11)15-3/h4-8H,1-3H3. The van der Waals surface area contributed by atoms with Gasteiger partial charge in [0, 0.05) is 12.7 Å². The molecule has 0 amide bonds. The van der Waals surface area contributed by atoms with Crippen molar-refractivity contribution in [3.05, 3.63) is 36.2 Å². The van der Waals surface area contributed by atoms with Gasteiger partial charge in [0.2, 0.25) is 0 Å². The van der Waals surface area contributed by atoms with Crippen molar-refractivity contribution in [2.45, 2.75) is 6.92 Å². The molecule has 0 atom stereocenters. The number of aryl methyl sites for hydroxylation is 1. The highest BCUT2D eigenvalue weighted by atomic mass is 16.5. The molecule has 1 aromatic carbocycles. The van der Waals surface area contributed by atoms with Gasteiger partial charge in [-0.1, -0.05) is 12.1 Å². The molecule has 4 nitrogen and oxygen atoms in total. The Kier molecular flexibility index (Phi) is 2.81. The van der Waals surface area contributed by atoms with Crippen LogP contribution in [0.1, 0.15) is 5.69 Å². The van der Waals surface area contributed by atoms with Gasteiger partial charge in [0.15, 0.2) is 11.5 Å². The number of methoxy groups -OCH3 is 1. The van der Waals surface area contributed by atoms with E-state index in [2.05, 4.69) is 4.98 Å². The van der Waals surface area contributed by atoms with Crippen molar-refractivity contribution in [1.82, 2.24) is 9.55 Å². The number of ether oxygens (including phenoxy) is 2. The molecule has 0 fully saturated rings. The van der Waals surface area contributed by atoms with Gasteiger partial charge in [-0.2, -0.15) is 0 Å². The highest BCUT2D eigenvalue weighted by Crippen LogP contribution is 2.30. The number of imidazole rings is 1. The summed E-state index contributed by atoms with van der Waals surface area (Å²) in [6.07, 6.45) is 1.77. The maximum atomic E-state index is 5.68. The Balaban J connectivity index is 2.30. The first-order chi connectivity index (χ1) is 7.72.